The first-order valence-corrected chi connectivity index (χ1v) is 16.1. The van der Waals surface area contributed by atoms with Crippen LogP contribution in [0.25, 0.3) is 21.5 Å². The van der Waals surface area contributed by atoms with Crippen molar-refractivity contribution in [3.63, 3.8) is 0 Å². The van der Waals surface area contributed by atoms with Crippen molar-refractivity contribution in [2.75, 3.05) is 39.3 Å². The minimum Gasteiger partial charge on any atom is -0.315 e. The summed E-state index contributed by atoms with van der Waals surface area (Å²) in [6.45, 7) is 7.47. The van der Waals surface area contributed by atoms with Gasteiger partial charge in [-0.05, 0) is 98.8 Å². The fourth-order valence-corrected chi connectivity index (χ4v) is 7.33. The van der Waals surface area contributed by atoms with Crippen LogP contribution in [0.15, 0.2) is 60.7 Å². The molecule has 4 aromatic carbocycles. The maximum atomic E-state index is 13.6. The van der Waals surface area contributed by atoms with Crippen LogP contribution in [-0.4, -0.2) is 83.6 Å². The highest BCUT2D eigenvalue weighted by molar-refractivity contribution is 6.27. The third-order valence-electron chi connectivity index (χ3n) is 9.68. The number of imide groups is 2. The number of nitrogens with zero attached hydrogens (tertiary/aromatic N) is 3. The highest BCUT2D eigenvalue weighted by Crippen LogP contribution is 2.37. The summed E-state index contributed by atoms with van der Waals surface area (Å²) in [6, 6.07) is 19.3. The van der Waals surface area contributed by atoms with Crippen LogP contribution in [-0.2, 0) is 12.8 Å². The number of hydrogen-bond acceptors (Lipinski definition) is 6. The Hall–Kier alpha value is -4.40. The molecule has 0 spiro atoms. The van der Waals surface area contributed by atoms with Gasteiger partial charge in [0.15, 0.2) is 0 Å². The summed E-state index contributed by atoms with van der Waals surface area (Å²) < 4.78 is 0. The lowest BCUT2D eigenvalue weighted by Crippen LogP contribution is -2.46. The average molecular weight is 603 g/mol. The molecule has 0 saturated heterocycles. The Morgan fingerprint density at radius 1 is 0.644 bits per heavy atom. The normalized spacial score (nSPS) is 15.8. The van der Waals surface area contributed by atoms with Crippen LogP contribution in [0.1, 0.15) is 79.2 Å². The first-order valence-electron chi connectivity index (χ1n) is 16.1. The number of hydrogen-bond donors (Lipinski definition) is 1. The summed E-state index contributed by atoms with van der Waals surface area (Å²) in [5, 5.41) is 6.99. The van der Waals surface area contributed by atoms with E-state index < -0.39 is 0 Å². The van der Waals surface area contributed by atoms with Gasteiger partial charge in [-0.15, -0.1) is 0 Å². The van der Waals surface area contributed by atoms with E-state index in [1.165, 1.54) is 20.9 Å². The van der Waals surface area contributed by atoms with Gasteiger partial charge in [-0.2, -0.15) is 0 Å². The van der Waals surface area contributed by atoms with Gasteiger partial charge in [-0.25, -0.2) is 0 Å². The third kappa shape index (κ3) is 5.02. The van der Waals surface area contributed by atoms with Gasteiger partial charge >= 0.3 is 0 Å². The molecule has 45 heavy (non-hydrogen) atoms. The lowest BCUT2D eigenvalue weighted by atomic mass is 9.83. The van der Waals surface area contributed by atoms with Crippen LogP contribution in [0.2, 0.25) is 0 Å². The van der Waals surface area contributed by atoms with Crippen molar-refractivity contribution in [1.29, 1.82) is 0 Å². The number of nitrogens with one attached hydrogen (secondary N) is 1. The van der Waals surface area contributed by atoms with Crippen LogP contribution in [0, 0.1) is 0 Å². The number of aryl methyl sites for hydroxylation is 2. The van der Waals surface area contributed by atoms with E-state index in [2.05, 4.69) is 36.2 Å². The molecule has 8 nitrogen and oxygen atoms in total. The molecule has 2 aliphatic heterocycles. The monoisotopic (exact) mass is 602 g/mol. The quantitative estimate of drug-likeness (QED) is 0.191. The van der Waals surface area contributed by atoms with Crippen LogP contribution in [0.4, 0.5) is 0 Å². The van der Waals surface area contributed by atoms with Gasteiger partial charge in [0, 0.05) is 65.2 Å². The van der Waals surface area contributed by atoms with Gasteiger partial charge in [0.05, 0.1) is 0 Å². The van der Waals surface area contributed by atoms with Crippen LogP contribution in [0.3, 0.4) is 0 Å². The van der Waals surface area contributed by atoms with E-state index in [0.29, 0.717) is 55.0 Å². The lowest BCUT2D eigenvalue weighted by Gasteiger charge is -2.33. The molecule has 4 amide bonds. The van der Waals surface area contributed by atoms with E-state index >= 15 is 0 Å². The van der Waals surface area contributed by atoms with E-state index in [1.807, 2.05) is 36.4 Å². The molecule has 0 unspecified atom stereocenters. The molecule has 3 aliphatic rings. The molecule has 0 atom stereocenters. The molecule has 0 radical (unpaired) electrons. The van der Waals surface area contributed by atoms with E-state index in [9.17, 15) is 19.2 Å². The molecule has 0 bridgehead atoms. The molecule has 4 aromatic rings. The minimum absolute atomic E-state index is 0.201. The first kappa shape index (κ1) is 29.3. The molecule has 0 fully saturated rings. The molecule has 230 valence electrons. The van der Waals surface area contributed by atoms with Gasteiger partial charge in [0.25, 0.3) is 23.6 Å². The Balaban J connectivity index is 0.926. The second-order valence-corrected chi connectivity index (χ2v) is 12.6. The van der Waals surface area contributed by atoms with Gasteiger partial charge < -0.3 is 5.32 Å². The second kappa shape index (κ2) is 11.8. The van der Waals surface area contributed by atoms with Gasteiger partial charge in [-0.3, -0.25) is 33.9 Å². The summed E-state index contributed by atoms with van der Waals surface area (Å²) in [4.78, 5) is 58.5. The SMILES string of the molecule is CC(C)N(CCCNCCN1C(=O)c2cccc3cccc(c23)C1=O)CCN1C(=O)c2ccc3c4c(ccc(c24)C1=O)CCC3. The standard InChI is InChI=1S/C37H38N4O4/c1-23(2)39(19-6-17-38-18-20-40-34(42)27-11-4-9-24-10-5-12-28(32(24)27)35(40)43)21-22-41-36(44)29-15-13-25-7-3-8-26-14-16-30(37(41)45)33(29)31(25)26/h4-5,9-16,23,38H,3,6-8,17-22H2,1-2H3. The van der Waals surface area contributed by atoms with Crippen LogP contribution >= 0.6 is 0 Å². The van der Waals surface area contributed by atoms with Crippen molar-refractivity contribution in [2.24, 2.45) is 0 Å². The van der Waals surface area contributed by atoms with Crippen molar-refractivity contribution in [2.45, 2.75) is 45.6 Å². The smallest absolute Gasteiger partial charge is 0.261 e. The molecule has 0 aromatic heterocycles. The summed E-state index contributed by atoms with van der Waals surface area (Å²) in [5.41, 5.74) is 4.90. The van der Waals surface area contributed by atoms with Crippen molar-refractivity contribution >= 4 is 45.2 Å². The summed E-state index contributed by atoms with van der Waals surface area (Å²) >= 11 is 0. The van der Waals surface area contributed by atoms with E-state index in [1.54, 1.807) is 12.1 Å². The van der Waals surface area contributed by atoms with E-state index in [4.69, 9.17) is 0 Å². The van der Waals surface area contributed by atoms with Crippen molar-refractivity contribution in [1.82, 2.24) is 20.0 Å². The highest BCUT2D eigenvalue weighted by Gasteiger charge is 2.35. The maximum absolute atomic E-state index is 13.6. The second-order valence-electron chi connectivity index (χ2n) is 12.6. The molecule has 2 heterocycles. The number of rotatable bonds is 11. The molecule has 1 aliphatic carbocycles. The summed E-state index contributed by atoms with van der Waals surface area (Å²) in [6.07, 6.45) is 3.91. The van der Waals surface area contributed by atoms with E-state index in [0.717, 1.165) is 53.8 Å². The third-order valence-corrected chi connectivity index (χ3v) is 9.68. The van der Waals surface area contributed by atoms with Gasteiger partial charge in [0.1, 0.15) is 0 Å². The Bertz CT molecular complexity index is 1770. The van der Waals surface area contributed by atoms with Crippen molar-refractivity contribution < 1.29 is 19.2 Å². The maximum Gasteiger partial charge on any atom is 0.261 e. The van der Waals surface area contributed by atoms with Crippen LogP contribution in [0.5, 0.6) is 0 Å². The molecule has 1 N–H and O–H groups in total. The number of benzene rings is 4. The fourth-order valence-electron chi connectivity index (χ4n) is 7.33. The van der Waals surface area contributed by atoms with E-state index in [-0.39, 0.29) is 29.7 Å². The predicted molar refractivity (Wildman–Crippen MR) is 175 cm³/mol. The molecular weight excluding hydrogens is 564 g/mol. The Kier molecular flexibility index (Phi) is 7.71. The van der Waals surface area contributed by atoms with Gasteiger partial charge in [0.2, 0.25) is 0 Å². The van der Waals surface area contributed by atoms with Crippen molar-refractivity contribution in [3.8, 4) is 0 Å². The zero-order chi connectivity index (χ0) is 31.2. The Morgan fingerprint density at radius 2 is 1.20 bits per heavy atom. The Labute approximate surface area is 263 Å². The molecular formula is C37H38N4O4. The van der Waals surface area contributed by atoms with Crippen molar-refractivity contribution in [3.05, 3.63) is 94.0 Å². The van der Waals surface area contributed by atoms with Crippen LogP contribution < -0.4 is 5.32 Å². The number of carbonyl (C=O) groups excluding carboxylic acids is 4. The fraction of sp³-hybridized carbons (Fsp3) is 0.351. The first-order chi connectivity index (χ1) is 21.8. The number of carbonyl (C=O) groups is 4. The molecule has 8 heteroatoms. The lowest BCUT2D eigenvalue weighted by molar-refractivity contribution is 0.0579. The predicted octanol–water partition coefficient (Wildman–Crippen LogP) is 5.06. The summed E-state index contributed by atoms with van der Waals surface area (Å²) in [5.74, 6) is -0.899. The molecule has 0 saturated carbocycles. The average Bonchev–Trinajstić information content (AvgIpc) is 3.05. The topological polar surface area (TPSA) is 90.0 Å². The highest BCUT2D eigenvalue weighted by atomic mass is 16.2. The molecule has 7 rings (SSSR count). The zero-order valence-corrected chi connectivity index (χ0v) is 25.9. The minimum atomic E-state index is -0.248. The largest absolute Gasteiger partial charge is 0.315 e. The summed E-state index contributed by atoms with van der Waals surface area (Å²) in [7, 11) is 0. The Morgan fingerprint density at radius 3 is 1.78 bits per heavy atom. The zero-order valence-electron chi connectivity index (χ0n) is 25.9. The number of amides is 4. The van der Waals surface area contributed by atoms with Gasteiger partial charge in [-0.1, -0.05) is 36.4 Å².